The van der Waals surface area contributed by atoms with Crippen LogP contribution in [0.25, 0.3) is 11.0 Å². The van der Waals surface area contributed by atoms with Crippen molar-refractivity contribution in [1.29, 1.82) is 0 Å². The molecule has 1 aromatic heterocycles. The number of piperidine rings is 1. The summed E-state index contributed by atoms with van der Waals surface area (Å²) in [6.07, 6.45) is 5.32. The molecule has 0 radical (unpaired) electrons. The minimum atomic E-state index is 0.00178. The maximum absolute atomic E-state index is 12.5. The molecular formula is C17H19BrN2O2. The highest BCUT2D eigenvalue weighted by Gasteiger charge is 2.29. The topological polar surface area (TPSA) is 45.5 Å². The third kappa shape index (κ3) is 2.68. The van der Waals surface area contributed by atoms with Gasteiger partial charge in [0.25, 0.3) is 5.91 Å². The molecule has 3 aliphatic heterocycles. The van der Waals surface area contributed by atoms with Gasteiger partial charge in [0.05, 0.1) is 4.47 Å². The molecule has 1 N–H and O–H groups in total. The molecule has 22 heavy (non-hydrogen) atoms. The monoisotopic (exact) mass is 362 g/mol. The van der Waals surface area contributed by atoms with E-state index in [1.54, 1.807) is 6.26 Å². The van der Waals surface area contributed by atoms with Crippen molar-refractivity contribution in [1.82, 2.24) is 10.2 Å². The number of fused-ring (bicyclic) bond motifs is 5. The van der Waals surface area contributed by atoms with Gasteiger partial charge in [0.15, 0.2) is 0 Å². The maximum atomic E-state index is 12.5. The van der Waals surface area contributed by atoms with Gasteiger partial charge in [-0.3, -0.25) is 4.79 Å². The third-order valence-electron chi connectivity index (χ3n) is 4.93. The van der Waals surface area contributed by atoms with Crippen LogP contribution in [-0.4, -0.2) is 36.5 Å². The Balaban J connectivity index is 1.50. The zero-order valence-corrected chi connectivity index (χ0v) is 13.9. The molecule has 1 atom stereocenters. The second-order valence-corrected chi connectivity index (χ2v) is 7.30. The van der Waals surface area contributed by atoms with Gasteiger partial charge in [-0.1, -0.05) is 0 Å². The van der Waals surface area contributed by atoms with Gasteiger partial charge < -0.3 is 14.6 Å². The Hall–Kier alpha value is -1.33. The summed E-state index contributed by atoms with van der Waals surface area (Å²) in [7, 11) is 0. The van der Waals surface area contributed by atoms with E-state index in [1.165, 1.54) is 25.9 Å². The number of carbonyl (C=O) groups excluding carboxylic acids is 1. The zero-order chi connectivity index (χ0) is 15.1. The van der Waals surface area contributed by atoms with Gasteiger partial charge in [-0.15, -0.1) is 0 Å². The molecule has 0 unspecified atom stereocenters. The molecule has 1 amide bonds. The lowest BCUT2D eigenvalue weighted by Gasteiger charge is -2.26. The predicted octanol–water partition coefficient (Wildman–Crippen LogP) is 3.41. The van der Waals surface area contributed by atoms with Gasteiger partial charge in [0.1, 0.15) is 11.8 Å². The summed E-state index contributed by atoms with van der Waals surface area (Å²) in [6, 6.07) is 5.88. The predicted molar refractivity (Wildman–Crippen MR) is 88.9 cm³/mol. The number of benzene rings is 1. The van der Waals surface area contributed by atoms with E-state index < -0.39 is 0 Å². The van der Waals surface area contributed by atoms with Gasteiger partial charge in [-0.05, 0) is 72.4 Å². The minimum Gasteiger partial charge on any atom is -0.463 e. The average Bonchev–Trinajstić information content (AvgIpc) is 2.70. The largest absolute Gasteiger partial charge is 0.463 e. The fourth-order valence-electron chi connectivity index (χ4n) is 3.70. The number of carbonyl (C=O) groups is 1. The molecule has 3 aliphatic rings. The van der Waals surface area contributed by atoms with Gasteiger partial charge in [-0.2, -0.15) is 0 Å². The van der Waals surface area contributed by atoms with Crippen LogP contribution in [0.15, 0.2) is 33.4 Å². The van der Waals surface area contributed by atoms with E-state index in [0.29, 0.717) is 5.56 Å². The molecule has 3 fully saturated rings. The molecule has 2 bridgehead atoms. The molecule has 1 aromatic carbocycles. The summed E-state index contributed by atoms with van der Waals surface area (Å²) in [5.41, 5.74) is 1.41. The van der Waals surface area contributed by atoms with Crippen molar-refractivity contribution in [2.24, 2.45) is 5.92 Å². The number of hydrogen-bond donors (Lipinski definition) is 1. The highest BCUT2D eigenvalue weighted by Crippen LogP contribution is 2.28. The maximum Gasteiger partial charge on any atom is 0.251 e. The van der Waals surface area contributed by atoms with Gasteiger partial charge in [0.2, 0.25) is 0 Å². The first-order chi connectivity index (χ1) is 10.7. The summed E-state index contributed by atoms with van der Waals surface area (Å²) in [5.74, 6) is 0.773. The normalized spacial score (nSPS) is 27.8. The minimum absolute atomic E-state index is 0.00178. The first-order valence-electron chi connectivity index (χ1n) is 7.89. The fourth-order valence-corrected chi connectivity index (χ4v) is 4.12. The average molecular weight is 363 g/mol. The Labute approximate surface area is 138 Å². The summed E-state index contributed by atoms with van der Waals surface area (Å²) >= 11 is 3.44. The molecule has 4 heterocycles. The Bertz CT molecular complexity index is 690. The van der Waals surface area contributed by atoms with Crippen molar-refractivity contribution in [2.45, 2.75) is 25.3 Å². The quantitative estimate of drug-likeness (QED) is 0.890. The van der Waals surface area contributed by atoms with Crippen LogP contribution in [0.2, 0.25) is 0 Å². The van der Waals surface area contributed by atoms with Crippen LogP contribution in [0.4, 0.5) is 0 Å². The fraction of sp³-hybridized carbons (Fsp3) is 0.471. The third-order valence-corrected chi connectivity index (χ3v) is 5.54. The van der Waals surface area contributed by atoms with Crippen LogP contribution in [0.3, 0.4) is 0 Å². The molecule has 0 aliphatic carbocycles. The Kier molecular flexibility index (Phi) is 3.70. The molecule has 2 aromatic rings. The van der Waals surface area contributed by atoms with E-state index in [2.05, 4.69) is 26.1 Å². The Morgan fingerprint density at radius 3 is 2.95 bits per heavy atom. The summed E-state index contributed by atoms with van der Waals surface area (Å²) in [4.78, 5) is 15.0. The number of nitrogens with zero attached hydrogens (tertiary/aromatic N) is 1. The highest BCUT2D eigenvalue weighted by atomic mass is 79.9. The SMILES string of the molecule is O=C(N[C@@H]1CC2CCN(CC2)C1)c1ccc2c(Br)coc2c1. The molecular weight excluding hydrogens is 344 g/mol. The van der Waals surface area contributed by atoms with Gasteiger partial charge in [0, 0.05) is 23.5 Å². The standard InChI is InChI=1S/C17H19BrN2O2/c18-15-10-22-16-8-12(1-2-14(15)16)17(21)19-13-7-11-3-5-20(9-13)6-4-11/h1-2,8,10-11,13H,3-7,9H2,(H,19,21)/t13-/m1/s1. The lowest BCUT2D eigenvalue weighted by molar-refractivity contribution is 0.0929. The molecule has 0 saturated carbocycles. The van der Waals surface area contributed by atoms with Crippen LogP contribution in [0, 0.1) is 5.92 Å². The van der Waals surface area contributed by atoms with E-state index >= 15 is 0 Å². The number of rotatable bonds is 2. The summed E-state index contributed by atoms with van der Waals surface area (Å²) < 4.78 is 6.38. The van der Waals surface area contributed by atoms with Gasteiger partial charge in [-0.25, -0.2) is 0 Å². The second kappa shape index (κ2) is 5.70. The van der Waals surface area contributed by atoms with Crippen molar-refractivity contribution in [3.8, 4) is 0 Å². The number of halogens is 1. The molecule has 0 spiro atoms. The molecule has 5 rings (SSSR count). The summed E-state index contributed by atoms with van der Waals surface area (Å²) in [6.45, 7) is 3.35. The summed E-state index contributed by atoms with van der Waals surface area (Å²) in [5, 5.41) is 4.21. The van der Waals surface area contributed by atoms with E-state index in [1.807, 2.05) is 18.2 Å². The molecule has 5 heteroatoms. The number of furan rings is 1. The van der Waals surface area contributed by atoms with Crippen molar-refractivity contribution < 1.29 is 9.21 Å². The number of amides is 1. The van der Waals surface area contributed by atoms with Crippen molar-refractivity contribution in [3.63, 3.8) is 0 Å². The van der Waals surface area contributed by atoms with Crippen LogP contribution in [0.1, 0.15) is 29.6 Å². The Morgan fingerprint density at radius 2 is 2.14 bits per heavy atom. The Morgan fingerprint density at radius 1 is 1.32 bits per heavy atom. The highest BCUT2D eigenvalue weighted by molar-refractivity contribution is 9.10. The van der Waals surface area contributed by atoms with E-state index in [-0.39, 0.29) is 11.9 Å². The van der Waals surface area contributed by atoms with E-state index in [9.17, 15) is 4.79 Å². The molecule has 4 nitrogen and oxygen atoms in total. The van der Waals surface area contributed by atoms with Crippen LogP contribution >= 0.6 is 15.9 Å². The number of hydrogen-bond acceptors (Lipinski definition) is 3. The number of nitrogens with one attached hydrogen (secondary N) is 1. The van der Waals surface area contributed by atoms with E-state index in [0.717, 1.165) is 34.3 Å². The van der Waals surface area contributed by atoms with Crippen molar-refractivity contribution in [3.05, 3.63) is 34.5 Å². The van der Waals surface area contributed by atoms with Crippen LogP contribution in [0.5, 0.6) is 0 Å². The molecule has 3 saturated heterocycles. The van der Waals surface area contributed by atoms with Crippen molar-refractivity contribution >= 4 is 32.8 Å². The lowest BCUT2D eigenvalue weighted by Crippen LogP contribution is -2.41. The smallest absolute Gasteiger partial charge is 0.251 e. The zero-order valence-electron chi connectivity index (χ0n) is 12.3. The van der Waals surface area contributed by atoms with Gasteiger partial charge >= 0.3 is 0 Å². The van der Waals surface area contributed by atoms with Crippen LogP contribution < -0.4 is 5.32 Å². The van der Waals surface area contributed by atoms with Crippen molar-refractivity contribution in [2.75, 3.05) is 19.6 Å². The first kappa shape index (κ1) is 14.3. The van der Waals surface area contributed by atoms with E-state index in [4.69, 9.17) is 4.42 Å². The lowest BCUT2D eigenvalue weighted by atomic mass is 9.94. The second-order valence-electron chi connectivity index (χ2n) is 6.44. The first-order valence-corrected chi connectivity index (χ1v) is 8.68. The van der Waals surface area contributed by atoms with Crippen LogP contribution in [-0.2, 0) is 0 Å². The molecule has 116 valence electrons.